The number of hydrogen-bond acceptors (Lipinski definition) is 4. The van der Waals surface area contributed by atoms with Gasteiger partial charge < -0.3 is 9.64 Å². The lowest BCUT2D eigenvalue weighted by Gasteiger charge is -2.39. The van der Waals surface area contributed by atoms with E-state index in [-0.39, 0.29) is 41.0 Å². The van der Waals surface area contributed by atoms with Crippen LogP contribution >= 0.6 is 0 Å². The van der Waals surface area contributed by atoms with Gasteiger partial charge in [-0.3, -0.25) is 4.79 Å². The molecule has 0 spiro atoms. The summed E-state index contributed by atoms with van der Waals surface area (Å²) in [6.07, 6.45) is 2.38. The van der Waals surface area contributed by atoms with E-state index in [1.165, 1.54) is 12.1 Å². The smallest absolute Gasteiger partial charge is 0.410 e. The molecule has 0 N–H and O–H groups in total. The van der Waals surface area contributed by atoms with Crippen molar-refractivity contribution in [1.82, 2.24) is 4.90 Å². The topological polar surface area (TPSA) is 70.4 Å². The Balaban J connectivity index is 1.74. The number of carbonyl (C=O) groups is 2. The molecular formula is C20H23FN2O3. The summed E-state index contributed by atoms with van der Waals surface area (Å²) in [6.45, 7) is 5.49. The largest absolute Gasteiger partial charge is 0.444 e. The van der Waals surface area contributed by atoms with E-state index in [9.17, 15) is 14.0 Å². The predicted octanol–water partition coefficient (Wildman–Crippen LogP) is 4.06. The minimum Gasteiger partial charge on any atom is -0.444 e. The Hall–Kier alpha value is -2.42. The van der Waals surface area contributed by atoms with Crippen molar-refractivity contribution in [2.75, 3.05) is 0 Å². The summed E-state index contributed by atoms with van der Waals surface area (Å²) in [4.78, 5) is 27.0. The van der Waals surface area contributed by atoms with Gasteiger partial charge in [-0.1, -0.05) is 0 Å². The Kier molecular flexibility index (Phi) is 4.74. The maximum absolute atomic E-state index is 14.2. The molecule has 1 aromatic carbocycles. The molecule has 3 rings (SSSR count). The number of ether oxygens (including phenoxy) is 1. The highest BCUT2D eigenvalue weighted by molar-refractivity contribution is 5.98. The number of benzene rings is 1. The molecule has 2 unspecified atom stereocenters. The monoisotopic (exact) mass is 358 g/mol. The van der Waals surface area contributed by atoms with Crippen LogP contribution < -0.4 is 0 Å². The number of nitriles is 1. The molecule has 2 saturated heterocycles. The number of nitrogens with zero attached hydrogens (tertiary/aromatic N) is 2. The number of piperidine rings is 1. The number of halogens is 1. The van der Waals surface area contributed by atoms with Crippen molar-refractivity contribution >= 4 is 11.9 Å². The highest BCUT2D eigenvalue weighted by atomic mass is 19.1. The fraction of sp³-hybridized carbons (Fsp3) is 0.550. The number of ketones is 1. The maximum atomic E-state index is 14.2. The van der Waals surface area contributed by atoms with Gasteiger partial charge in [-0.2, -0.15) is 5.26 Å². The summed E-state index contributed by atoms with van der Waals surface area (Å²) in [5.41, 5.74) is -0.340. The van der Waals surface area contributed by atoms with Gasteiger partial charge in [-0.25, -0.2) is 9.18 Å². The van der Waals surface area contributed by atoms with Crippen molar-refractivity contribution in [2.45, 2.75) is 64.1 Å². The maximum Gasteiger partial charge on any atom is 0.410 e. The number of hydrogen-bond donors (Lipinski definition) is 0. The molecule has 2 fully saturated rings. The summed E-state index contributed by atoms with van der Waals surface area (Å²) < 4.78 is 19.7. The second-order valence-corrected chi connectivity index (χ2v) is 8.11. The van der Waals surface area contributed by atoms with Crippen LogP contribution in [0.15, 0.2) is 18.2 Å². The minimum atomic E-state index is -0.657. The van der Waals surface area contributed by atoms with Gasteiger partial charge in [0, 0.05) is 18.0 Å². The molecule has 5 nitrogen and oxygen atoms in total. The van der Waals surface area contributed by atoms with Gasteiger partial charge >= 0.3 is 6.09 Å². The number of carbonyl (C=O) groups excluding carboxylic acids is 2. The first kappa shape index (κ1) is 18.4. The molecule has 2 bridgehead atoms. The van der Waals surface area contributed by atoms with E-state index in [1.54, 1.807) is 4.90 Å². The van der Waals surface area contributed by atoms with Gasteiger partial charge in [0.15, 0.2) is 5.78 Å². The molecule has 6 heteroatoms. The fourth-order valence-corrected chi connectivity index (χ4v) is 4.01. The second kappa shape index (κ2) is 6.71. The molecule has 0 aliphatic carbocycles. The highest BCUT2D eigenvalue weighted by Crippen LogP contribution is 2.40. The van der Waals surface area contributed by atoms with Crippen LogP contribution in [-0.2, 0) is 4.74 Å². The number of Topliss-reactive ketones (excluding diaryl/α,β-unsaturated/α-hetero) is 1. The number of fused-ring (bicyclic) bond motifs is 2. The SMILES string of the molecule is CC(C)(C)OC(=O)N1C2CCC1CC(C(=O)c1ccc(C#N)cc1F)C2. The highest BCUT2D eigenvalue weighted by Gasteiger charge is 2.46. The Bertz CT molecular complexity index is 764. The molecule has 2 aliphatic heterocycles. The van der Waals surface area contributed by atoms with Gasteiger partial charge in [-0.15, -0.1) is 0 Å². The molecular weight excluding hydrogens is 335 g/mol. The molecule has 26 heavy (non-hydrogen) atoms. The van der Waals surface area contributed by atoms with Crippen LogP contribution in [0.1, 0.15) is 62.4 Å². The lowest BCUT2D eigenvalue weighted by atomic mass is 9.84. The average molecular weight is 358 g/mol. The van der Waals surface area contributed by atoms with Crippen LogP contribution in [0.3, 0.4) is 0 Å². The average Bonchev–Trinajstić information content (AvgIpc) is 2.83. The van der Waals surface area contributed by atoms with Crippen molar-refractivity contribution in [2.24, 2.45) is 5.92 Å². The van der Waals surface area contributed by atoms with Crippen LogP contribution in [-0.4, -0.2) is 34.5 Å². The van der Waals surface area contributed by atoms with Gasteiger partial charge in [0.25, 0.3) is 0 Å². The summed E-state index contributed by atoms with van der Waals surface area (Å²) in [6, 6.07) is 5.72. The third kappa shape index (κ3) is 3.57. The number of amides is 1. The Morgan fingerprint density at radius 2 is 1.85 bits per heavy atom. The Labute approximate surface area is 152 Å². The zero-order valence-corrected chi connectivity index (χ0v) is 15.3. The molecule has 2 aliphatic rings. The molecule has 138 valence electrons. The standard InChI is InChI=1S/C20H23FN2O3/c1-20(2,3)26-19(25)23-14-5-6-15(23)10-13(9-14)18(24)16-7-4-12(11-22)8-17(16)21/h4,7-8,13-15H,5-6,9-10H2,1-3H3. The van der Waals surface area contributed by atoms with E-state index in [2.05, 4.69) is 0 Å². The zero-order chi connectivity index (χ0) is 19.1. The van der Waals surface area contributed by atoms with E-state index in [0.29, 0.717) is 12.8 Å². The second-order valence-electron chi connectivity index (χ2n) is 8.11. The molecule has 2 heterocycles. The molecule has 1 amide bonds. The van der Waals surface area contributed by atoms with E-state index in [1.807, 2.05) is 26.8 Å². The van der Waals surface area contributed by atoms with Crippen molar-refractivity contribution in [3.05, 3.63) is 35.1 Å². The summed E-state index contributed by atoms with van der Waals surface area (Å²) >= 11 is 0. The lowest BCUT2D eigenvalue weighted by molar-refractivity contribution is 0.00250. The van der Waals surface area contributed by atoms with Crippen LogP contribution in [0.4, 0.5) is 9.18 Å². The Morgan fingerprint density at radius 3 is 2.35 bits per heavy atom. The van der Waals surface area contributed by atoms with Gasteiger partial charge in [-0.05, 0) is 64.7 Å². The third-order valence-electron chi connectivity index (χ3n) is 5.07. The van der Waals surface area contributed by atoms with Crippen LogP contribution in [0, 0.1) is 23.1 Å². The van der Waals surface area contributed by atoms with Crippen LogP contribution in [0.25, 0.3) is 0 Å². The molecule has 2 atom stereocenters. The first-order valence-corrected chi connectivity index (χ1v) is 8.95. The van der Waals surface area contributed by atoms with Crippen molar-refractivity contribution in [3.63, 3.8) is 0 Å². The third-order valence-corrected chi connectivity index (χ3v) is 5.07. The Morgan fingerprint density at radius 1 is 1.23 bits per heavy atom. The molecule has 0 saturated carbocycles. The van der Waals surface area contributed by atoms with E-state index in [0.717, 1.165) is 18.9 Å². The van der Waals surface area contributed by atoms with E-state index < -0.39 is 11.4 Å². The zero-order valence-electron chi connectivity index (χ0n) is 15.3. The van der Waals surface area contributed by atoms with Crippen LogP contribution in [0.5, 0.6) is 0 Å². The van der Waals surface area contributed by atoms with Crippen molar-refractivity contribution in [3.8, 4) is 6.07 Å². The van der Waals surface area contributed by atoms with Crippen molar-refractivity contribution < 1.29 is 18.7 Å². The minimum absolute atomic E-state index is 0.0270. The van der Waals surface area contributed by atoms with E-state index in [4.69, 9.17) is 10.00 Å². The molecule has 1 aromatic rings. The van der Waals surface area contributed by atoms with Gasteiger partial charge in [0.05, 0.1) is 17.2 Å². The number of rotatable bonds is 2. The van der Waals surface area contributed by atoms with E-state index >= 15 is 0 Å². The lowest BCUT2D eigenvalue weighted by Crippen LogP contribution is -2.49. The first-order chi connectivity index (χ1) is 12.2. The molecule has 0 radical (unpaired) electrons. The van der Waals surface area contributed by atoms with Gasteiger partial charge in [0.1, 0.15) is 11.4 Å². The quantitative estimate of drug-likeness (QED) is 0.748. The van der Waals surface area contributed by atoms with Gasteiger partial charge in [0.2, 0.25) is 0 Å². The predicted molar refractivity (Wildman–Crippen MR) is 93.1 cm³/mol. The fourth-order valence-electron chi connectivity index (χ4n) is 4.01. The van der Waals surface area contributed by atoms with Crippen LogP contribution in [0.2, 0.25) is 0 Å². The summed E-state index contributed by atoms with van der Waals surface area (Å²) in [5.74, 6) is -1.21. The summed E-state index contributed by atoms with van der Waals surface area (Å²) in [5, 5.41) is 8.83. The first-order valence-electron chi connectivity index (χ1n) is 8.95. The normalized spacial score (nSPS) is 24.9. The molecule has 0 aromatic heterocycles. The summed E-state index contributed by atoms with van der Waals surface area (Å²) in [7, 11) is 0. The van der Waals surface area contributed by atoms with Crippen molar-refractivity contribution in [1.29, 1.82) is 5.26 Å².